The van der Waals surface area contributed by atoms with Crippen LogP contribution in [-0.4, -0.2) is 58.7 Å². The van der Waals surface area contributed by atoms with Crippen molar-refractivity contribution in [3.8, 4) is 5.75 Å². The van der Waals surface area contributed by atoms with Crippen molar-refractivity contribution in [1.29, 1.82) is 0 Å². The molecule has 2 heterocycles. The second kappa shape index (κ2) is 11.9. The molecule has 2 N–H and O–H groups in total. The van der Waals surface area contributed by atoms with Crippen LogP contribution in [0.3, 0.4) is 0 Å². The van der Waals surface area contributed by atoms with Crippen molar-refractivity contribution < 1.29 is 19.1 Å². The van der Waals surface area contributed by atoms with E-state index in [0.717, 1.165) is 47.1 Å². The number of carbonyl (C=O) groups excluding carboxylic acids is 1. The highest BCUT2D eigenvalue weighted by atomic mass is 32.2. The molecule has 0 spiro atoms. The molecule has 2 fully saturated rings. The summed E-state index contributed by atoms with van der Waals surface area (Å²) in [6, 6.07) is 5.49. The van der Waals surface area contributed by atoms with Crippen LogP contribution in [0.2, 0.25) is 0 Å². The van der Waals surface area contributed by atoms with Gasteiger partial charge in [-0.2, -0.15) is 11.8 Å². The van der Waals surface area contributed by atoms with Gasteiger partial charge in [0.05, 0.1) is 18.0 Å². The van der Waals surface area contributed by atoms with Gasteiger partial charge in [0.25, 0.3) is 0 Å². The summed E-state index contributed by atoms with van der Waals surface area (Å²) in [6.07, 6.45) is 7.72. The van der Waals surface area contributed by atoms with Crippen molar-refractivity contribution in [2.45, 2.75) is 69.7 Å². The molecule has 1 aliphatic heterocycles. The molecule has 1 amide bonds. The molecule has 1 atom stereocenters. The minimum absolute atomic E-state index is 0.210. The molecule has 192 valence electrons. The van der Waals surface area contributed by atoms with E-state index in [0.29, 0.717) is 30.6 Å². The fraction of sp³-hybridized carbons (Fsp3) is 0.630. The van der Waals surface area contributed by atoms with E-state index in [1.54, 1.807) is 13.3 Å². The molecule has 4 rings (SSSR count). The molecule has 1 aliphatic carbocycles. The molecule has 0 radical (unpaired) electrons. The number of nitrogens with zero attached hydrogens (tertiary/aromatic N) is 2. The number of fused-ring (bicyclic) bond motifs is 1. The number of hydroxylamine groups is 1. The number of methoxy groups -OCH3 is 1. The number of amides is 1. The molecule has 35 heavy (non-hydrogen) atoms. The van der Waals surface area contributed by atoms with Gasteiger partial charge in [-0.1, -0.05) is 12.8 Å². The van der Waals surface area contributed by atoms with E-state index in [9.17, 15) is 10.0 Å². The topological polar surface area (TPSA) is 74.7 Å². The first kappa shape index (κ1) is 26.2. The van der Waals surface area contributed by atoms with Crippen LogP contribution < -0.4 is 10.2 Å². The van der Waals surface area contributed by atoms with Crippen LogP contribution in [0.25, 0.3) is 10.9 Å². The van der Waals surface area contributed by atoms with E-state index in [2.05, 4.69) is 21.6 Å². The van der Waals surface area contributed by atoms with Gasteiger partial charge in [-0.25, -0.2) is 9.87 Å². The highest BCUT2D eigenvalue weighted by Crippen LogP contribution is 2.41. The molecule has 6 nitrogen and oxygen atoms in total. The number of thioether (sulfide) groups is 1. The number of alkyl halides is 1. The molecule has 1 saturated carbocycles. The lowest BCUT2D eigenvalue weighted by molar-refractivity contribution is -0.143. The van der Waals surface area contributed by atoms with E-state index in [4.69, 9.17) is 4.74 Å². The van der Waals surface area contributed by atoms with Gasteiger partial charge in [0.2, 0.25) is 5.91 Å². The minimum atomic E-state index is -1.24. The second-order valence-electron chi connectivity index (χ2n) is 10.1. The van der Waals surface area contributed by atoms with Crippen molar-refractivity contribution in [3.63, 3.8) is 0 Å². The minimum Gasteiger partial charge on any atom is -0.497 e. The fourth-order valence-corrected chi connectivity index (χ4v) is 7.06. The predicted molar refractivity (Wildman–Crippen MR) is 139 cm³/mol. The number of piperidine rings is 1. The Kier molecular flexibility index (Phi) is 8.89. The summed E-state index contributed by atoms with van der Waals surface area (Å²) in [5.41, 5.74) is 3.25. The number of aryl methyl sites for hydroxylation is 1. The molecule has 0 bridgehead atoms. The van der Waals surface area contributed by atoms with Crippen LogP contribution in [0.15, 0.2) is 24.4 Å². The standard InChI is InChI=1S/C27H38FN3O3S/c1-19-18-29-24-8-7-20(34-2)17-22(24)25(19)23(28)9-10-27(26(32)30-33)11-13-31(14-12-27)15-16-35-21-5-3-4-6-21/h7-8,17-18,21,23,33H,3-6,9-16H2,1-2H3,(H,30,32)/t23-/m1/s1. The summed E-state index contributed by atoms with van der Waals surface area (Å²) in [7, 11) is 1.59. The number of aromatic nitrogens is 1. The van der Waals surface area contributed by atoms with E-state index in [-0.39, 0.29) is 12.3 Å². The zero-order valence-electron chi connectivity index (χ0n) is 20.9. The molecule has 0 unspecified atom stereocenters. The zero-order valence-corrected chi connectivity index (χ0v) is 21.7. The maximum atomic E-state index is 15.8. The molecular weight excluding hydrogens is 465 g/mol. The highest BCUT2D eigenvalue weighted by Gasteiger charge is 2.41. The maximum absolute atomic E-state index is 15.8. The lowest BCUT2D eigenvalue weighted by Crippen LogP contribution is -2.48. The first-order valence-corrected chi connectivity index (χ1v) is 13.9. The average molecular weight is 504 g/mol. The SMILES string of the molecule is COc1ccc2ncc(C)c([C@H](F)CCC3(C(=O)NO)CCN(CCSC4CCCC4)CC3)c2c1. The number of hydrogen-bond donors (Lipinski definition) is 2. The summed E-state index contributed by atoms with van der Waals surface area (Å²) >= 11 is 2.08. The quantitative estimate of drug-likeness (QED) is 0.324. The van der Waals surface area contributed by atoms with E-state index < -0.39 is 11.6 Å². The van der Waals surface area contributed by atoms with Crippen LogP contribution in [0, 0.1) is 12.3 Å². The van der Waals surface area contributed by atoms with Gasteiger partial charge in [-0.3, -0.25) is 15.0 Å². The van der Waals surface area contributed by atoms with Gasteiger partial charge in [0, 0.05) is 29.1 Å². The van der Waals surface area contributed by atoms with Gasteiger partial charge in [-0.05, 0) is 87.9 Å². The predicted octanol–water partition coefficient (Wildman–Crippen LogP) is 5.61. The first-order valence-electron chi connectivity index (χ1n) is 12.8. The fourth-order valence-electron chi connectivity index (χ4n) is 5.70. The van der Waals surface area contributed by atoms with Crippen LogP contribution in [0.5, 0.6) is 5.75 Å². The summed E-state index contributed by atoms with van der Waals surface area (Å²) in [5.74, 6) is 1.39. The smallest absolute Gasteiger partial charge is 0.249 e. The third kappa shape index (κ3) is 6.09. The van der Waals surface area contributed by atoms with E-state index in [1.807, 2.05) is 30.6 Å². The summed E-state index contributed by atoms with van der Waals surface area (Å²) < 4.78 is 21.1. The Morgan fingerprint density at radius 1 is 1.34 bits per heavy atom. The monoisotopic (exact) mass is 503 g/mol. The number of hydrogen-bond acceptors (Lipinski definition) is 6. The number of ether oxygens (including phenoxy) is 1. The molecule has 1 saturated heterocycles. The molecule has 1 aromatic carbocycles. The number of carbonyl (C=O) groups is 1. The van der Waals surface area contributed by atoms with Crippen molar-refractivity contribution in [3.05, 3.63) is 35.5 Å². The Morgan fingerprint density at radius 3 is 2.77 bits per heavy atom. The lowest BCUT2D eigenvalue weighted by atomic mass is 9.73. The van der Waals surface area contributed by atoms with Crippen molar-refractivity contribution in [2.75, 3.05) is 32.5 Å². The Labute approximate surface area is 212 Å². The van der Waals surface area contributed by atoms with Gasteiger partial charge < -0.3 is 9.64 Å². The highest BCUT2D eigenvalue weighted by molar-refractivity contribution is 7.99. The van der Waals surface area contributed by atoms with Gasteiger partial charge >= 0.3 is 0 Å². The Morgan fingerprint density at radius 2 is 2.09 bits per heavy atom. The molecule has 8 heteroatoms. The molecule has 1 aromatic heterocycles. The van der Waals surface area contributed by atoms with Crippen LogP contribution in [-0.2, 0) is 4.79 Å². The number of pyridine rings is 1. The molecule has 2 aromatic rings. The number of likely N-dealkylation sites (tertiary alicyclic amines) is 1. The van der Waals surface area contributed by atoms with Crippen molar-refractivity contribution in [2.24, 2.45) is 5.41 Å². The maximum Gasteiger partial charge on any atom is 0.249 e. The van der Waals surface area contributed by atoms with Crippen LogP contribution in [0.4, 0.5) is 4.39 Å². The lowest BCUT2D eigenvalue weighted by Gasteiger charge is -2.40. The Balaban J connectivity index is 1.40. The van der Waals surface area contributed by atoms with E-state index in [1.165, 1.54) is 25.7 Å². The second-order valence-corrected chi connectivity index (χ2v) is 11.5. The third-order valence-electron chi connectivity index (χ3n) is 7.97. The Bertz CT molecular complexity index is 1010. The Hall–Kier alpha value is -1.90. The summed E-state index contributed by atoms with van der Waals surface area (Å²) in [4.78, 5) is 19.6. The van der Waals surface area contributed by atoms with Crippen molar-refractivity contribution in [1.82, 2.24) is 15.4 Å². The van der Waals surface area contributed by atoms with Crippen LogP contribution >= 0.6 is 11.8 Å². The summed E-state index contributed by atoms with van der Waals surface area (Å²) in [5, 5.41) is 11.0. The zero-order chi connectivity index (χ0) is 24.8. The van der Waals surface area contributed by atoms with Crippen molar-refractivity contribution >= 4 is 28.6 Å². The summed E-state index contributed by atoms with van der Waals surface area (Å²) in [6.45, 7) is 4.48. The largest absolute Gasteiger partial charge is 0.497 e. The number of rotatable bonds is 10. The average Bonchev–Trinajstić information content (AvgIpc) is 3.40. The number of halogens is 1. The normalized spacial score (nSPS) is 19.7. The first-order chi connectivity index (χ1) is 17.0. The molecular formula is C27H38FN3O3S. The number of benzene rings is 1. The van der Waals surface area contributed by atoms with E-state index >= 15 is 4.39 Å². The van der Waals surface area contributed by atoms with Crippen LogP contribution in [0.1, 0.15) is 68.7 Å². The molecule has 2 aliphatic rings. The third-order valence-corrected chi connectivity index (χ3v) is 9.33. The van der Waals surface area contributed by atoms with Gasteiger partial charge in [0.15, 0.2) is 0 Å². The number of nitrogens with one attached hydrogen (secondary N) is 1. The van der Waals surface area contributed by atoms with Gasteiger partial charge in [-0.15, -0.1) is 0 Å². The van der Waals surface area contributed by atoms with Gasteiger partial charge in [0.1, 0.15) is 11.9 Å².